The van der Waals surface area contributed by atoms with Crippen LogP contribution in [0.2, 0.25) is 0 Å². The number of amides is 1. The quantitative estimate of drug-likeness (QED) is 0.706. The van der Waals surface area contributed by atoms with Crippen molar-refractivity contribution < 1.29 is 9.53 Å². The number of ether oxygens (including phenoxy) is 1. The van der Waals surface area contributed by atoms with E-state index in [1.807, 2.05) is 18.2 Å². The highest BCUT2D eigenvalue weighted by Crippen LogP contribution is 2.32. The summed E-state index contributed by atoms with van der Waals surface area (Å²) in [5, 5.41) is 6.28. The largest absolute Gasteiger partial charge is 0.479 e. The summed E-state index contributed by atoms with van der Waals surface area (Å²) in [5.74, 6) is 0.655. The van der Waals surface area contributed by atoms with Gasteiger partial charge in [0.2, 0.25) is 0 Å². The predicted molar refractivity (Wildman–Crippen MR) is 87.0 cm³/mol. The van der Waals surface area contributed by atoms with Gasteiger partial charge in [0.25, 0.3) is 5.91 Å². The fraction of sp³-hybridized carbons (Fsp3) is 0.588. The lowest BCUT2D eigenvalue weighted by atomic mass is 10.1. The Morgan fingerprint density at radius 1 is 1.19 bits per heavy atom. The van der Waals surface area contributed by atoms with E-state index in [9.17, 15) is 4.79 Å². The molecule has 0 radical (unpaired) electrons. The Kier molecular flexibility index (Phi) is 5.90. The van der Waals surface area contributed by atoms with Crippen molar-refractivity contribution in [2.24, 2.45) is 0 Å². The summed E-state index contributed by atoms with van der Waals surface area (Å²) in [4.78, 5) is 11.6. The zero-order chi connectivity index (χ0) is 15.1. The van der Waals surface area contributed by atoms with Crippen LogP contribution in [-0.2, 0) is 4.79 Å². The fourth-order valence-electron chi connectivity index (χ4n) is 2.46. The van der Waals surface area contributed by atoms with Gasteiger partial charge in [0.15, 0.2) is 6.10 Å². The first kappa shape index (κ1) is 15.7. The highest BCUT2D eigenvalue weighted by atomic mass is 16.5. The van der Waals surface area contributed by atoms with E-state index in [1.54, 1.807) is 6.92 Å². The van der Waals surface area contributed by atoms with Crippen LogP contribution in [0.15, 0.2) is 18.2 Å². The van der Waals surface area contributed by atoms with Crippen LogP contribution in [0.5, 0.6) is 5.75 Å². The van der Waals surface area contributed by atoms with Crippen molar-refractivity contribution >= 4 is 17.3 Å². The summed E-state index contributed by atoms with van der Waals surface area (Å²) in [7, 11) is 0. The molecule has 0 saturated heterocycles. The Bertz CT molecular complexity index is 474. The van der Waals surface area contributed by atoms with E-state index in [4.69, 9.17) is 4.74 Å². The van der Waals surface area contributed by atoms with Gasteiger partial charge in [-0.1, -0.05) is 39.0 Å². The normalized spacial score (nSPS) is 16.9. The summed E-state index contributed by atoms with van der Waals surface area (Å²) in [6, 6.07) is 5.85. The zero-order valence-electron chi connectivity index (χ0n) is 13.1. The van der Waals surface area contributed by atoms with E-state index >= 15 is 0 Å². The van der Waals surface area contributed by atoms with Crippen LogP contribution in [0.4, 0.5) is 11.4 Å². The van der Waals surface area contributed by atoms with Crippen molar-refractivity contribution in [2.45, 2.75) is 58.5 Å². The molecule has 0 bridgehead atoms. The second kappa shape index (κ2) is 7.91. The Morgan fingerprint density at radius 2 is 1.95 bits per heavy atom. The van der Waals surface area contributed by atoms with Gasteiger partial charge in [0, 0.05) is 12.2 Å². The molecule has 1 aromatic rings. The summed E-state index contributed by atoms with van der Waals surface area (Å²) in [6.45, 7) is 4.96. The Morgan fingerprint density at radius 3 is 2.76 bits per heavy atom. The molecule has 1 aliphatic heterocycles. The molecule has 2 rings (SSSR count). The third kappa shape index (κ3) is 4.66. The third-order valence-corrected chi connectivity index (χ3v) is 3.77. The minimum Gasteiger partial charge on any atom is -0.479 e. The van der Waals surface area contributed by atoms with E-state index in [1.165, 1.54) is 38.5 Å². The number of unbranched alkanes of at least 4 members (excludes halogenated alkanes) is 5. The van der Waals surface area contributed by atoms with Crippen LogP contribution in [0.25, 0.3) is 0 Å². The van der Waals surface area contributed by atoms with Gasteiger partial charge < -0.3 is 15.4 Å². The highest BCUT2D eigenvalue weighted by Gasteiger charge is 2.23. The van der Waals surface area contributed by atoms with E-state index in [0.717, 1.165) is 23.7 Å². The van der Waals surface area contributed by atoms with Crippen molar-refractivity contribution in [3.05, 3.63) is 18.2 Å². The van der Waals surface area contributed by atoms with Crippen molar-refractivity contribution in [1.82, 2.24) is 0 Å². The number of anilines is 2. The van der Waals surface area contributed by atoms with Crippen LogP contribution in [0.3, 0.4) is 0 Å². The van der Waals surface area contributed by atoms with Crippen molar-refractivity contribution in [2.75, 3.05) is 17.2 Å². The van der Waals surface area contributed by atoms with Gasteiger partial charge in [0.1, 0.15) is 5.75 Å². The third-order valence-electron chi connectivity index (χ3n) is 3.77. The molecule has 1 aliphatic rings. The smallest absolute Gasteiger partial charge is 0.265 e. The molecule has 0 fully saturated rings. The summed E-state index contributed by atoms with van der Waals surface area (Å²) >= 11 is 0. The second-order valence-corrected chi connectivity index (χ2v) is 5.65. The van der Waals surface area contributed by atoms with Gasteiger partial charge in [-0.3, -0.25) is 4.79 Å². The maximum atomic E-state index is 11.6. The van der Waals surface area contributed by atoms with Crippen molar-refractivity contribution in [3.63, 3.8) is 0 Å². The first-order valence-corrected chi connectivity index (χ1v) is 8.06. The number of hydrogen-bond donors (Lipinski definition) is 2. The summed E-state index contributed by atoms with van der Waals surface area (Å²) in [6.07, 6.45) is 7.34. The van der Waals surface area contributed by atoms with Gasteiger partial charge in [-0.25, -0.2) is 0 Å². The molecule has 2 N–H and O–H groups in total. The molecule has 4 heteroatoms. The van der Waals surface area contributed by atoms with Gasteiger partial charge in [-0.05, 0) is 31.5 Å². The lowest BCUT2D eigenvalue weighted by molar-refractivity contribution is -0.122. The standard InChI is InChI=1S/C17H26N2O2/c1-3-4-5-6-7-8-11-18-14-9-10-16-15(12-14)19-17(20)13(2)21-16/h9-10,12-13,18H,3-8,11H2,1-2H3,(H,19,20). The first-order valence-electron chi connectivity index (χ1n) is 8.06. The minimum absolute atomic E-state index is 0.0874. The number of hydrogen-bond acceptors (Lipinski definition) is 3. The molecule has 1 heterocycles. The molecular formula is C17H26N2O2. The number of carbonyl (C=O) groups is 1. The topological polar surface area (TPSA) is 50.4 Å². The van der Waals surface area contributed by atoms with Crippen LogP contribution >= 0.6 is 0 Å². The molecule has 1 aromatic carbocycles. The van der Waals surface area contributed by atoms with Gasteiger partial charge in [-0.2, -0.15) is 0 Å². The molecule has 116 valence electrons. The average molecular weight is 290 g/mol. The van der Waals surface area contributed by atoms with Crippen molar-refractivity contribution in [3.8, 4) is 5.75 Å². The lowest BCUT2D eigenvalue weighted by Crippen LogP contribution is -2.34. The van der Waals surface area contributed by atoms with E-state index in [-0.39, 0.29) is 5.91 Å². The van der Waals surface area contributed by atoms with Crippen LogP contribution in [0, 0.1) is 0 Å². The zero-order valence-corrected chi connectivity index (χ0v) is 13.1. The molecule has 0 aromatic heterocycles. The number of rotatable bonds is 8. The number of fused-ring (bicyclic) bond motifs is 1. The van der Waals surface area contributed by atoms with Gasteiger partial charge >= 0.3 is 0 Å². The number of benzene rings is 1. The number of nitrogens with one attached hydrogen (secondary N) is 2. The predicted octanol–water partition coefficient (Wildman–Crippen LogP) is 4.18. The average Bonchev–Trinajstić information content (AvgIpc) is 2.48. The summed E-state index contributed by atoms with van der Waals surface area (Å²) in [5.41, 5.74) is 1.78. The SMILES string of the molecule is CCCCCCCCNc1ccc2c(c1)NC(=O)C(C)O2. The van der Waals surface area contributed by atoms with Gasteiger partial charge in [0.05, 0.1) is 5.69 Å². The lowest BCUT2D eigenvalue weighted by Gasteiger charge is -2.23. The highest BCUT2D eigenvalue weighted by molar-refractivity contribution is 5.98. The number of carbonyl (C=O) groups excluding carboxylic acids is 1. The van der Waals surface area contributed by atoms with Crippen molar-refractivity contribution in [1.29, 1.82) is 0 Å². The molecule has 4 nitrogen and oxygen atoms in total. The Hall–Kier alpha value is -1.71. The van der Waals surface area contributed by atoms with Crippen LogP contribution in [0.1, 0.15) is 52.4 Å². The fourth-order valence-corrected chi connectivity index (χ4v) is 2.46. The van der Waals surface area contributed by atoms with E-state index in [0.29, 0.717) is 0 Å². The Balaban J connectivity index is 1.75. The second-order valence-electron chi connectivity index (χ2n) is 5.65. The monoisotopic (exact) mass is 290 g/mol. The minimum atomic E-state index is -0.417. The summed E-state index contributed by atoms with van der Waals surface area (Å²) < 4.78 is 5.54. The maximum Gasteiger partial charge on any atom is 0.265 e. The molecular weight excluding hydrogens is 264 g/mol. The van der Waals surface area contributed by atoms with Gasteiger partial charge in [-0.15, -0.1) is 0 Å². The molecule has 0 aliphatic carbocycles. The first-order chi connectivity index (χ1) is 10.2. The molecule has 0 spiro atoms. The van der Waals surface area contributed by atoms with Crippen LogP contribution < -0.4 is 15.4 Å². The molecule has 21 heavy (non-hydrogen) atoms. The molecule has 1 atom stereocenters. The van der Waals surface area contributed by atoms with Crippen LogP contribution in [-0.4, -0.2) is 18.6 Å². The van der Waals surface area contributed by atoms with E-state index < -0.39 is 6.10 Å². The molecule has 1 unspecified atom stereocenters. The van der Waals surface area contributed by atoms with E-state index in [2.05, 4.69) is 17.6 Å². The molecule has 1 amide bonds. The Labute approximate surface area is 127 Å². The maximum absolute atomic E-state index is 11.6. The molecule has 0 saturated carbocycles.